The molecule has 2 rings (SSSR count). The molecule has 0 fully saturated rings. The van der Waals surface area contributed by atoms with Gasteiger partial charge in [0, 0.05) is 25.0 Å². The van der Waals surface area contributed by atoms with Gasteiger partial charge in [0.25, 0.3) is 0 Å². The number of hydrogen-bond acceptors (Lipinski definition) is 3. The highest BCUT2D eigenvalue weighted by molar-refractivity contribution is 7.99. The molecule has 0 aliphatic heterocycles. The minimum absolute atomic E-state index is 0.513. The Hall–Kier alpha value is -0.510. The van der Waals surface area contributed by atoms with Gasteiger partial charge in [0.15, 0.2) is 0 Å². The van der Waals surface area contributed by atoms with Crippen molar-refractivity contribution in [1.82, 2.24) is 5.32 Å². The van der Waals surface area contributed by atoms with Crippen LogP contribution >= 0.6 is 11.8 Å². The Labute approximate surface area is 108 Å². The summed E-state index contributed by atoms with van der Waals surface area (Å²) in [6, 6.07) is 9.31. The molecule has 2 atom stereocenters. The van der Waals surface area contributed by atoms with Gasteiger partial charge in [-0.3, -0.25) is 0 Å². The summed E-state index contributed by atoms with van der Waals surface area (Å²) >= 11 is 2.07. The third-order valence-corrected chi connectivity index (χ3v) is 4.71. The third kappa shape index (κ3) is 3.03. The number of thioether (sulfide) groups is 1. The van der Waals surface area contributed by atoms with Crippen LogP contribution in [0.2, 0.25) is 0 Å². The van der Waals surface area contributed by atoms with Crippen LogP contribution in [0, 0.1) is 0 Å². The second kappa shape index (κ2) is 6.43. The van der Waals surface area contributed by atoms with E-state index in [1.807, 2.05) is 0 Å². The van der Waals surface area contributed by atoms with Gasteiger partial charge in [-0.25, -0.2) is 0 Å². The van der Waals surface area contributed by atoms with Crippen molar-refractivity contribution in [3.8, 4) is 0 Å². The average Bonchev–Trinajstić information content (AvgIpc) is 2.72. The lowest BCUT2D eigenvalue weighted by atomic mass is 10.1. The van der Waals surface area contributed by atoms with Crippen LogP contribution in [0.1, 0.15) is 23.6 Å². The first kappa shape index (κ1) is 12.9. The van der Waals surface area contributed by atoms with E-state index in [0.29, 0.717) is 11.3 Å². The van der Waals surface area contributed by atoms with Crippen LogP contribution in [0.25, 0.3) is 0 Å². The van der Waals surface area contributed by atoms with E-state index >= 15 is 0 Å². The first-order valence-electron chi connectivity index (χ1n) is 6.22. The molecular weight excluding hydrogens is 230 g/mol. The number of benzene rings is 1. The summed E-state index contributed by atoms with van der Waals surface area (Å²) in [6.07, 6.45) is 2.34. The first-order valence-corrected chi connectivity index (χ1v) is 7.27. The van der Waals surface area contributed by atoms with Gasteiger partial charge < -0.3 is 10.1 Å². The zero-order chi connectivity index (χ0) is 12.1. The van der Waals surface area contributed by atoms with Gasteiger partial charge in [0.2, 0.25) is 0 Å². The largest absolute Gasteiger partial charge is 0.385 e. The molecule has 3 heteroatoms. The molecule has 0 amide bonds. The lowest BCUT2D eigenvalue weighted by molar-refractivity contribution is 0.200. The maximum Gasteiger partial charge on any atom is 0.0470 e. The molecule has 2 unspecified atom stereocenters. The van der Waals surface area contributed by atoms with E-state index < -0.39 is 0 Å². The van der Waals surface area contributed by atoms with E-state index in [1.165, 1.54) is 23.3 Å². The Morgan fingerprint density at radius 1 is 1.41 bits per heavy atom. The number of methoxy groups -OCH3 is 1. The lowest BCUT2D eigenvalue weighted by Gasteiger charge is -2.19. The molecule has 1 aliphatic rings. The molecule has 0 bridgehead atoms. The van der Waals surface area contributed by atoms with E-state index in [0.717, 1.165) is 13.0 Å². The highest BCUT2D eigenvalue weighted by atomic mass is 32.2. The summed E-state index contributed by atoms with van der Waals surface area (Å²) in [7, 11) is 3.84. The third-order valence-electron chi connectivity index (χ3n) is 3.32. The molecule has 0 radical (unpaired) electrons. The molecule has 0 spiro atoms. The van der Waals surface area contributed by atoms with Gasteiger partial charge >= 0.3 is 0 Å². The molecule has 94 valence electrons. The van der Waals surface area contributed by atoms with E-state index in [9.17, 15) is 0 Å². The standard InChI is InChI=1S/C14H21NOS/c1-15-14-12-7-4-3-6-11(12)10-13(14)17-9-5-8-16-2/h3-4,6-7,13-15H,5,8-10H2,1-2H3. The van der Waals surface area contributed by atoms with Crippen molar-refractivity contribution >= 4 is 11.8 Å². The summed E-state index contributed by atoms with van der Waals surface area (Å²) in [6.45, 7) is 0.872. The maximum absolute atomic E-state index is 5.09. The molecule has 17 heavy (non-hydrogen) atoms. The van der Waals surface area contributed by atoms with Gasteiger partial charge in [0.05, 0.1) is 0 Å². The summed E-state index contributed by atoms with van der Waals surface area (Å²) < 4.78 is 5.09. The van der Waals surface area contributed by atoms with E-state index in [1.54, 1.807) is 7.11 Å². The van der Waals surface area contributed by atoms with Crippen molar-refractivity contribution < 1.29 is 4.74 Å². The summed E-state index contributed by atoms with van der Waals surface area (Å²) in [5.41, 5.74) is 3.00. The average molecular weight is 251 g/mol. The minimum atomic E-state index is 0.513. The van der Waals surface area contributed by atoms with Crippen molar-refractivity contribution in [2.24, 2.45) is 0 Å². The SMILES string of the molecule is CNC1c2ccccc2CC1SCCCOC. The monoisotopic (exact) mass is 251 g/mol. The fourth-order valence-electron chi connectivity index (χ4n) is 2.49. The summed E-state index contributed by atoms with van der Waals surface area (Å²) in [5.74, 6) is 1.19. The quantitative estimate of drug-likeness (QED) is 0.785. The molecule has 0 aromatic heterocycles. The second-order valence-corrected chi connectivity index (χ2v) is 5.77. The van der Waals surface area contributed by atoms with Crippen LogP contribution in [0.3, 0.4) is 0 Å². The van der Waals surface area contributed by atoms with Crippen LogP contribution in [0.4, 0.5) is 0 Å². The Morgan fingerprint density at radius 2 is 2.24 bits per heavy atom. The number of rotatable bonds is 6. The topological polar surface area (TPSA) is 21.3 Å². The highest BCUT2D eigenvalue weighted by Gasteiger charge is 2.30. The van der Waals surface area contributed by atoms with Crippen molar-refractivity contribution in [3.05, 3.63) is 35.4 Å². The Balaban J connectivity index is 1.93. The lowest BCUT2D eigenvalue weighted by Crippen LogP contribution is -2.23. The summed E-state index contributed by atoms with van der Waals surface area (Å²) in [5, 5.41) is 4.13. The van der Waals surface area contributed by atoms with Crippen LogP contribution in [0.5, 0.6) is 0 Å². The van der Waals surface area contributed by atoms with E-state index in [4.69, 9.17) is 4.74 Å². The summed E-state index contributed by atoms with van der Waals surface area (Å²) in [4.78, 5) is 0. The van der Waals surface area contributed by atoms with Gasteiger partial charge in [-0.15, -0.1) is 0 Å². The molecule has 0 saturated heterocycles. The molecule has 1 N–H and O–H groups in total. The first-order chi connectivity index (χ1) is 8.36. The second-order valence-electron chi connectivity index (χ2n) is 4.42. The Kier molecular flexibility index (Phi) is 4.89. The van der Waals surface area contributed by atoms with E-state index in [2.05, 4.69) is 48.4 Å². The molecule has 1 aliphatic carbocycles. The molecule has 0 saturated carbocycles. The predicted molar refractivity (Wildman–Crippen MR) is 74.7 cm³/mol. The van der Waals surface area contributed by atoms with E-state index in [-0.39, 0.29) is 0 Å². The highest BCUT2D eigenvalue weighted by Crippen LogP contribution is 2.38. The number of fused-ring (bicyclic) bond motifs is 1. The zero-order valence-corrected chi connectivity index (χ0v) is 11.4. The van der Waals surface area contributed by atoms with Gasteiger partial charge in [0.1, 0.15) is 0 Å². The fourth-order valence-corrected chi connectivity index (χ4v) is 3.85. The van der Waals surface area contributed by atoms with Crippen molar-refractivity contribution in [1.29, 1.82) is 0 Å². The van der Waals surface area contributed by atoms with Crippen molar-refractivity contribution in [2.45, 2.75) is 24.1 Å². The normalized spacial score (nSPS) is 22.7. The Bertz CT molecular complexity index is 356. The predicted octanol–water partition coefficient (Wildman–Crippen LogP) is 2.64. The fraction of sp³-hybridized carbons (Fsp3) is 0.571. The minimum Gasteiger partial charge on any atom is -0.385 e. The van der Waals surface area contributed by atoms with Crippen molar-refractivity contribution in [2.75, 3.05) is 26.5 Å². The smallest absolute Gasteiger partial charge is 0.0470 e. The molecule has 1 aromatic carbocycles. The van der Waals surface area contributed by atoms with Crippen LogP contribution in [-0.4, -0.2) is 31.8 Å². The van der Waals surface area contributed by atoms with Crippen LogP contribution in [-0.2, 0) is 11.2 Å². The van der Waals surface area contributed by atoms with Crippen LogP contribution in [0.15, 0.2) is 24.3 Å². The van der Waals surface area contributed by atoms with Gasteiger partial charge in [-0.2, -0.15) is 11.8 Å². The number of nitrogens with one attached hydrogen (secondary N) is 1. The Morgan fingerprint density at radius 3 is 3.00 bits per heavy atom. The maximum atomic E-state index is 5.09. The van der Waals surface area contributed by atoms with Gasteiger partial charge in [-0.1, -0.05) is 24.3 Å². The molecule has 0 heterocycles. The molecular formula is C14H21NOS. The number of hydrogen-bond donors (Lipinski definition) is 1. The zero-order valence-electron chi connectivity index (χ0n) is 10.6. The number of ether oxygens (including phenoxy) is 1. The molecule has 2 nitrogen and oxygen atoms in total. The van der Waals surface area contributed by atoms with Gasteiger partial charge in [-0.05, 0) is 36.8 Å². The molecule has 1 aromatic rings. The van der Waals surface area contributed by atoms with Crippen LogP contribution < -0.4 is 5.32 Å². The van der Waals surface area contributed by atoms with Crippen molar-refractivity contribution in [3.63, 3.8) is 0 Å².